The molecule has 0 saturated carbocycles. The molecule has 0 aliphatic carbocycles. The van der Waals surface area contributed by atoms with E-state index in [-0.39, 0.29) is 53.3 Å². The van der Waals surface area contributed by atoms with E-state index in [0.29, 0.717) is 9.35 Å². The normalized spacial score (nSPS) is 23.8. The lowest BCUT2D eigenvalue weighted by Crippen LogP contribution is -2.74. The maximum Gasteiger partial charge on any atom is 0.313 e. The summed E-state index contributed by atoms with van der Waals surface area (Å²) in [5.41, 5.74) is 9.82. The molecule has 0 bridgehead atoms. The number of β-lactam (4-membered cyclic amide) rings is 1. The van der Waals surface area contributed by atoms with Gasteiger partial charge in [-0.15, -0.1) is 22.0 Å². The van der Waals surface area contributed by atoms with Crippen molar-refractivity contribution in [3.05, 3.63) is 10.8 Å². The molecule has 4 heterocycles. The summed E-state index contributed by atoms with van der Waals surface area (Å²) in [6.07, 6.45) is -0.303. The molecule has 0 radical (unpaired) electrons. The number of carbonyl (C=O) groups excluding carboxylic acids is 2. The van der Waals surface area contributed by atoms with Crippen LogP contribution in [0.15, 0.2) is 9.50 Å². The zero-order chi connectivity index (χ0) is 26.0. The first-order valence-corrected chi connectivity index (χ1v) is 14.2. The van der Waals surface area contributed by atoms with Crippen LogP contribution in [0.5, 0.6) is 0 Å². The quantitative estimate of drug-likeness (QED) is 0.126. The van der Waals surface area contributed by atoms with E-state index in [1.54, 1.807) is 13.8 Å². The van der Waals surface area contributed by atoms with Crippen molar-refractivity contribution in [3.8, 4) is 0 Å². The minimum absolute atomic E-state index is 0.00744. The Kier molecular flexibility index (Phi) is 7.98. The fourth-order valence-electron chi connectivity index (χ4n) is 3.37. The number of amides is 2. The molecule has 0 spiro atoms. The third-order valence-electron chi connectivity index (χ3n) is 5.20. The number of fused-ring (bicyclic) bond motifs is 1. The molecule has 0 aromatic carbocycles. The van der Waals surface area contributed by atoms with Gasteiger partial charge in [0.15, 0.2) is 9.47 Å². The lowest BCUT2D eigenvalue weighted by atomic mass is 9.89. The summed E-state index contributed by atoms with van der Waals surface area (Å²) in [6, 6.07) is -0.850. The lowest BCUT2D eigenvalue weighted by molar-refractivity contribution is -0.157. The summed E-state index contributed by atoms with van der Waals surface area (Å²) in [7, 11) is 0. The van der Waals surface area contributed by atoms with Crippen LogP contribution in [0.4, 0.5) is 5.13 Å². The van der Waals surface area contributed by atoms with E-state index in [2.05, 4.69) is 30.0 Å². The van der Waals surface area contributed by atoms with Crippen LogP contribution in [0, 0.1) is 5.41 Å². The van der Waals surface area contributed by atoms with Gasteiger partial charge in [0, 0.05) is 36.1 Å². The first kappa shape index (κ1) is 26.5. The van der Waals surface area contributed by atoms with Gasteiger partial charge in [-0.25, -0.2) is 0 Å². The van der Waals surface area contributed by atoms with Crippen LogP contribution < -0.4 is 16.8 Å². The van der Waals surface area contributed by atoms with Crippen LogP contribution in [-0.2, 0) is 25.8 Å². The monoisotopic (exact) mass is 573 g/mol. The molecule has 194 valence electrons. The summed E-state index contributed by atoms with van der Waals surface area (Å²) < 4.78 is 4.63. The van der Waals surface area contributed by atoms with Crippen LogP contribution in [0.3, 0.4) is 0 Å². The van der Waals surface area contributed by atoms with Gasteiger partial charge in [0.2, 0.25) is 17.4 Å². The number of hydrogen-bond acceptors (Lipinski definition) is 15. The average Bonchev–Trinajstić information content (AvgIpc) is 3.49. The van der Waals surface area contributed by atoms with E-state index in [1.807, 2.05) is 0 Å². The highest BCUT2D eigenvalue weighted by Gasteiger charge is 2.57. The molecule has 3 atom stereocenters. The highest BCUT2D eigenvalue weighted by Crippen LogP contribution is 2.44. The number of nitrogens with one attached hydrogen (secondary N) is 1. The van der Waals surface area contributed by atoms with E-state index in [4.69, 9.17) is 16.3 Å². The van der Waals surface area contributed by atoms with E-state index in [9.17, 15) is 19.5 Å². The topological polar surface area (TPSA) is 212 Å². The minimum atomic E-state index is -1.18. The number of carbonyl (C=O) groups is 3. The molecule has 2 aliphatic rings. The maximum atomic E-state index is 13.0. The first-order chi connectivity index (χ1) is 17.1. The average molecular weight is 574 g/mol. The summed E-state index contributed by atoms with van der Waals surface area (Å²) in [5, 5.41) is 24.9. The summed E-state index contributed by atoms with van der Waals surface area (Å²) in [6.45, 7) is 3.76. The molecule has 2 aliphatic heterocycles. The van der Waals surface area contributed by atoms with Crippen molar-refractivity contribution in [2.75, 3.05) is 23.8 Å². The molecule has 2 aromatic heterocycles. The second-order valence-corrected chi connectivity index (χ2v) is 12.4. The Morgan fingerprint density at radius 1 is 1.42 bits per heavy atom. The van der Waals surface area contributed by atoms with Crippen LogP contribution in [0.1, 0.15) is 24.7 Å². The smallest absolute Gasteiger partial charge is 0.313 e. The second kappa shape index (κ2) is 10.8. The molecule has 2 aromatic rings. The second-order valence-electron chi connectivity index (χ2n) is 8.21. The predicted octanol–water partition coefficient (Wildman–Crippen LogP) is -0.177. The number of carboxylic acid groups (broad SMARTS) is 1. The van der Waals surface area contributed by atoms with Gasteiger partial charge < -0.3 is 31.6 Å². The molecular formula is C18H23N9O5S4. The highest BCUT2D eigenvalue weighted by atomic mass is 32.2. The molecule has 2 fully saturated rings. The molecule has 36 heavy (non-hydrogen) atoms. The Balaban J connectivity index is 1.42. The molecule has 4 rings (SSSR count). The molecule has 14 nitrogen and oxygen atoms in total. The van der Waals surface area contributed by atoms with Gasteiger partial charge in [-0.05, 0) is 13.8 Å². The molecule has 2 saturated heterocycles. The number of hydrogen-bond donors (Lipinski definition) is 4. The van der Waals surface area contributed by atoms with Crippen LogP contribution in [0.2, 0.25) is 0 Å². The third kappa shape index (κ3) is 5.41. The van der Waals surface area contributed by atoms with Gasteiger partial charge >= 0.3 is 5.97 Å². The van der Waals surface area contributed by atoms with E-state index in [1.165, 1.54) is 39.8 Å². The molecular weight excluding hydrogens is 551 g/mol. The van der Waals surface area contributed by atoms with E-state index < -0.39 is 28.7 Å². The largest absolute Gasteiger partial charge is 0.481 e. The number of anilines is 1. The van der Waals surface area contributed by atoms with Crippen molar-refractivity contribution >= 4 is 75.0 Å². The van der Waals surface area contributed by atoms with Crippen LogP contribution in [0.25, 0.3) is 0 Å². The molecule has 6 N–H and O–H groups in total. The van der Waals surface area contributed by atoms with Crippen molar-refractivity contribution in [2.45, 2.75) is 42.3 Å². The maximum absolute atomic E-state index is 13.0. The fraction of sp³-hybridized carbons (Fsp3) is 0.556. The standard InChI is InChI=1S/C18H23N9O5S4/c1-7(2)32-25-9(11-22-16(20)36-26-11)12(28)21-10-13(29)27-4-18(15(30)31,5-33-14(10)27)6-34-17-24-23-8(3-19)35-17/h7,10,14H,3-6,19H2,1-2H3,(H,21,28)(H,30,31)(H2,20,22,26)/t10?,14-,18?/m1/s1. The number of carboxylic acids is 1. The Morgan fingerprint density at radius 2 is 2.19 bits per heavy atom. The first-order valence-electron chi connectivity index (χ1n) is 10.6. The van der Waals surface area contributed by atoms with E-state index >= 15 is 0 Å². The van der Waals surface area contributed by atoms with Gasteiger partial charge in [-0.2, -0.15) is 9.36 Å². The summed E-state index contributed by atoms with van der Waals surface area (Å²) >= 11 is 4.79. The third-order valence-corrected chi connectivity index (χ3v) is 9.70. The van der Waals surface area contributed by atoms with Crippen molar-refractivity contribution in [1.82, 2.24) is 29.8 Å². The highest BCUT2D eigenvalue weighted by molar-refractivity contribution is 8.01. The Labute approximate surface area is 221 Å². The van der Waals surface area contributed by atoms with Crippen molar-refractivity contribution in [3.63, 3.8) is 0 Å². The zero-order valence-corrected chi connectivity index (χ0v) is 22.4. The number of nitrogens with two attached hydrogens (primary N) is 2. The Hall–Kier alpha value is -2.54. The van der Waals surface area contributed by atoms with E-state index in [0.717, 1.165) is 11.5 Å². The van der Waals surface area contributed by atoms with Gasteiger partial charge in [-0.3, -0.25) is 14.4 Å². The number of oxime groups is 1. The van der Waals surface area contributed by atoms with Crippen molar-refractivity contribution < 1.29 is 24.3 Å². The number of aromatic nitrogens is 4. The summed E-state index contributed by atoms with van der Waals surface area (Å²) in [4.78, 5) is 48.8. The Morgan fingerprint density at radius 3 is 2.81 bits per heavy atom. The SMILES string of the molecule is CC(C)ON=C(C(=O)NC1C(=O)N2CC(CSc3nnc(CN)s3)(C(=O)O)CS[C@H]12)c1nsc(N)n1. The number of thioether (sulfide) groups is 2. The number of rotatable bonds is 10. The predicted molar refractivity (Wildman–Crippen MR) is 136 cm³/mol. The fourth-order valence-corrected chi connectivity index (χ4v) is 7.44. The number of nitrogen functional groups attached to an aromatic ring is 1. The molecule has 2 amide bonds. The minimum Gasteiger partial charge on any atom is -0.481 e. The van der Waals surface area contributed by atoms with Crippen LogP contribution in [-0.4, -0.2) is 88.6 Å². The van der Waals surface area contributed by atoms with Gasteiger partial charge in [-0.1, -0.05) is 28.3 Å². The number of nitrogens with zero attached hydrogens (tertiary/aromatic N) is 6. The zero-order valence-electron chi connectivity index (χ0n) is 19.1. The molecule has 2 unspecified atom stereocenters. The lowest BCUT2D eigenvalue weighted by Gasteiger charge is -2.53. The Bertz CT molecular complexity index is 1190. The van der Waals surface area contributed by atoms with Gasteiger partial charge in [0.05, 0.1) is 0 Å². The molecule has 18 heteroatoms. The van der Waals surface area contributed by atoms with Crippen LogP contribution >= 0.6 is 46.4 Å². The number of aliphatic carboxylic acids is 1. The van der Waals surface area contributed by atoms with Gasteiger partial charge in [0.25, 0.3) is 5.91 Å². The van der Waals surface area contributed by atoms with Crippen molar-refractivity contribution in [2.24, 2.45) is 16.3 Å². The van der Waals surface area contributed by atoms with Crippen molar-refractivity contribution in [1.29, 1.82) is 0 Å². The van der Waals surface area contributed by atoms with Gasteiger partial charge in [0.1, 0.15) is 27.9 Å². The summed E-state index contributed by atoms with van der Waals surface area (Å²) in [5.74, 6) is -1.62.